The van der Waals surface area contributed by atoms with Gasteiger partial charge in [-0.2, -0.15) is 0 Å². The largest absolute Gasteiger partial charge is 0.344 e. The van der Waals surface area contributed by atoms with Gasteiger partial charge < -0.3 is 9.88 Å². The number of hydrogen-bond acceptors (Lipinski definition) is 5. The summed E-state index contributed by atoms with van der Waals surface area (Å²) in [6, 6.07) is 70.8. The predicted molar refractivity (Wildman–Crippen MR) is 252 cm³/mol. The van der Waals surface area contributed by atoms with Crippen LogP contribution in [0.25, 0.3) is 81.0 Å². The van der Waals surface area contributed by atoms with Crippen molar-refractivity contribution in [3.8, 4) is 28.1 Å². The molecule has 0 fully saturated rings. The van der Waals surface area contributed by atoms with Crippen molar-refractivity contribution in [3.63, 3.8) is 0 Å². The molecule has 60 heavy (non-hydrogen) atoms. The lowest BCUT2D eigenvalue weighted by atomic mass is 9.99. The first-order chi connectivity index (χ1) is 29.7. The molecule has 1 aliphatic rings. The molecule has 5 nitrogen and oxygen atoms in total. The summed E-state index contributed by atoms with van der Waals surface area (Å²) in [5.41, 5.74) is 12.0. The summed E-state index contributed by atoms with van der Waals surface area (Å²) >= 11 is 1.88. The molecule has 0 spiro atoms. The van der Waals surface area contributed by atoms with E-state index in [1.807, 2.05) is 47.7 Å². The van der Waals surface area contributed by atoms with Crippen LogP contribution in [0.1, 0.15) is 22.9 Å². The van der Waals surface area contributed by atoms with E-state index < -0.39 is 0 Å². The normalized spacial score (nSPS) is 14.2. The molecular formula is C54H35N5S. The van der Waals surface area contributed by atoms with Crippen LogP contribution in [-0.2, 0) is 0 Å². The summed E-state index contributed by atoms with van der Waals surface area (Å²) in [5, 5.41) is 9.66. The van der Waals surface area contributed by atoms with Gasteiger partial charge in [0.25, 0.3) is 0 Å². The third-order valence-corrected chi connectivity index (χ3v) is 12.9. The fourth-order valence-electron chi connectivity index (χ4n) is 8.70. The first-order valence-electron chi connectivity index (χ1n) is 20.2. The van der Waals surface area contributed by atoms with Gasteiger partial charge >= 0.3 is 0 Å². The Labute approximate surface area is 350 Å². The second kappa shape index (κ2) is 14.0. The van der Waals surface area contributed by atoms with Crippen LogP contribution in [0.5, 0.6) is 0 Å². The molecule has 3 aromatic heterocycles. The Hall–Kier alpha value is -7.67. The maximum Gasteiger partial charge on any atom is 0.159 e. The molecule has 12 rings (SSSR count). The lowest BCUT2D eigenvalue weighted by molar-refractivity contribution is 0.674. The van der Waals surface area contributed by atoms with E-state index in [4.69, 9.17) is 15.0 Å². The van der Waals surface area contributed by atoms with E-state index in [1.54, 1.807) is 0 Å². The Morgan fingerprint density at radius 1 is 0.500 bits per heavy atom. The Balaban J connectivity index is 0.951. The monoisotopic (exact) mass is 785 g/mol. The molecule has 1 aliphatic heterocycles. The molecule has 0 radical (unpaired) electrons. The molecule has 6 heteroatoms. The van der Waals surface area contributed by atoms with E-state index >= 15 is 0 Å². The van der Waals surface area contributed by atoms with E-state index in [9.17, 15) is 0 Å². The number of rotatable bonds is 6. The first-order valence-corrected chi connectivity index (χ1v) is 21.0. The minimum atomic E-state index is -0.279. The summed E-state index contributed by atoms with van der Waals surface area (Å²) in [4.78, 5) is 15.4. The average Bonchev–Trinajstić information content (AvgIpc) is 3.87. The van der Waals surface area contributed by atoms with Crippen LogP contribution in [-0.4, -0.2) is 21.2 Å². The van der Waals surface area contributed by atoms with Gasteiger partial charge in [-0.25, -0.2) is 15.0 Å². The van der Waals surface area contributed by atoms with Crippen molar-refractivity contribution < 1.29 is 0 Å². The van der Waals surface area contributed by atoms with Crippen LogP contribution < -0.4 is 5.32 Å². The maximum atomic E-state index is 5.44. The fourth-order valence-corrected chi connectivity index (χ4v) is 10.1. The molecular weight excluding hydrogens is 751 g/mol. The zero-order valence-electron chi connectivity index (χ0n) is 32.3. The molecule has 8 aromatic carbocycles. The molecule has 282 valence electrons. The van der Waals surface area contributed by atoms with Gasteiger partial charge in [0.05, 0.1) is 26.9 Å². The highest BCUT2D eigenvalue weighted by Crippen LogP contribution is 2.48. The Kier molecular flexibility index (Phi) is 8.03. The number of hydrogen-bond donors (Lipinski definition) is 1. The van der Waals surface area contributed by atoms with Gasteiger partial charge in [0, 0.05) is 43.2 Å². The summed E-state index contributed by atoms with van der Waals surface area (Å²) in [5.74, 6) is 1.53. The van der Waals surface area contributed by atoms with Crippen LogP contribution in [0.15, 0.2) is 210 Å². The predicted octanol–water partition coefficient (Wildman–Crippen LogP) is 13.5. The van der Waals surface area contributed by atoms with Crippen molar-refractivity contribution in [3.05, 3.63) is 217 Å². The van der Waals surface area contributed by atoms with Crippen molar-refractivity contribution in [2.45, 2.75) is 6.17 Å². The number of thiophene rings is 1. The molecule has 1 atom stereocenters. The second-order valence-electron chi connectivity index (χ2n) is 15.2. The van der Waals surface area contributed by atoms with Crippen LogP contribution in [0.3, 0.4) is 0 Å². The molecule has 11 aromatic rings. The van der Waals surface area contributed by atoms with Gasteiger partial charge in [0.15, 0.2) is 5.84 Å². The van der Waals surface area contributed by atoms with Crippen LogP contribution >= 0.6 is 11.3 Å². The number of nitrogens with one attached hydrogen (secondary N) is 1. The van der Waals surface area contributed by atoms with Crippen LogP contribution in [0.2, 0.25) is 0 Å². The zero-order valence-corrected chi connectivity index (χ0v) is 33.1. The van der Waals surface area contributed by atoms with Gasteiger partial charge in [-0.05, 0) is 51.7 Å². The van der Waals surface area contributed by atoms with E-state index in [0.29, 0.717) is 0 Å². The third kappa shape index (κ3) is 5.72. The minimum absolute atomic E-state index is 0.279. The highest BCUT2D eigenvalue weighted by atomic mass is 32.1. The number of benzene rings is 8. The average molecular weight is 786 g/mol. The van der Waals surface area contributed by atoms with Crippen LogP contribution in [0.4, 0.5) is 0 Å². The highest BCUT2D eigenvalue weighted by Gasteiger charge is 2.24. The lowest BCUT2D eigenvalue weighted by Gasteiger charge is -2.23. The molecule has 1 unspecified atom stereocenters. The topological polar surface area (TPSA) is 54.6 Å². The SMILES string of the molecule is c1ccc(C2=NC(c3ccc(-c4ccc(-c5nc6ccccc6c6sc7c8ccccc8n(-c8ccc9ccccc9c8)c7c56)cc4)cc3)NC(c3ccccc3)=N2)cc1. The van der Waals surface area contributed by atoms with Gasteiger partial charge in [-0.3, -0.25) is 0 Å². The van der Waals surface area contributed by atoms with Crippen molar-refractivity contribution >= 4 is 75.9 Å². The molecule has 1 N–H and O–H groups in total. The van der Waals surface area contributed by atoms with Crippen molar-refractivity contribution in [2.24, 2.45) is 9.98 Å². The highest BCUT2D eigenvalue weighted by molar-refractivity contribution is 7.27. The number of nitrogens with zero attached hydrogens (tertiary/aromatic N) is 4. The summed E-state index contributed by atoms with van der Waals surface area (Å²) in [7, 11) is 0. The fraction of sp³-hybridized carbons (Fsp3) is 0.0185. The molecule has 0 saturated heterocycles. The number of fused-ring (bicyclic) bond motifs is 8. The standard InChI is InChI=1S/C54H35N5S/c1-3-14-38(15-4-1)52-56-53(39-16-5-2-6-17-39)58-54(57-52)40-29-25-36(26-30-40)35-23-27-37(28-24-35)48-47-49-51(60-50(47)43-19-9-11-21-45(43)55-48)44-20-10-12-22-46(44)59(49)42-32-31-34-13-7-8-18-41(34)33-42/h1-33,54H,(H,56,57,58). The van der Waals surface area contributed by atoms with E-state index in [1.165, 1.54) is 47.4 Å². The van der Waals surface area contributed by atoms with Crippen molar-refractivity contribution in [1.82, 2.24) is 14.9 Å². The number of para-hydroxylation sites is 2. The quantitative estimate of drug-likeness (QED) is 0.183. The smallest absolute Gasteiger partial charge is 0.159 e. The summed E-state index contributed by atoms with van der Waals surface area (Å²) in [6.07, 6.45) is -0.279. The minimum Gasteiger partial charge on any atom is -0.344 e. The van der Waals surface area contributed by atoms with E-state index in [2.05, 4.69) is 174 Å². The molecule has 0 saturated carbocycles. The molecule has 0 amide bonds. The number of aromatic nitrogens is 2. The van der Waals surface area contributed by atoms with Gasteiger partial charge in [-0.15, -0.1) is 11.3 Å². The molecule has 0 aliphatic carbocycles. The lowest BCUT2D eigenvalue weighted by Crippen LogP contribution is -2.33. The number of aliphatic imine (C=N–C) groups is 2. The summed E-state index contributed by atoms with van der Waals surface area (Å²) in [6.45, 7) is 0. The second-order valence-corrected chi connectivity index (χ2v) is 16.3. The molecule has 0 bridgehead atoms. The van der Waals surface area contributed by atoms with Gasteiger partial charge in [-0.1, -0.05) is 176 Å². The third-order valence-electron chi connectivity index (χ3n) is 11.6. The Morgan fingerprint density at radius 2 is 1.13 bits per heavy atom. The van der Waals surface area contributed by atoms with E-state index in [0.717, 1.165) is 61.9 Å². The number of amidine groups is 2. The maximum absolute atomic E-state index is 5.44. The first kappa shape index (κ1) is 34.4. The Bertz CT molecular complexity index is 3490. The summed E-state index contributed by atoms with van der Waals surface area (Å²) < 4.78 is 4.99. The Morgan fingerprint density at radius 3 is 1.92 bits per heavy atom. The zero-order chi connectivity index (χ0) is 39.6. The van der Waals surface area contributed by atoms with Crippen molar-refractivity contribution in [1.29, 1.82) is 0 Å². The number of pyridine rings is 1. The van der Waals surface area contributed by atoms with Crippen LogP contribution in [0, 0.1) is 0 Å². The van der Waals surface area contributed by atoms with Crippen molar-refractivity contribution in [2.75, 3.05) is 0 Å². The van der Waals surface area contributed by atoms with Gasteiger partial charge in [0.2, 0.25) is 0 Å². The molecule has 4 heterocycles. The van der Waals surface area contributed by atoms with E-state index in [-0.39, 0.29) is 6.17 Å². The van der Waals surface area contributed by atoms with Gasteiger partial charge in [0.1, 0.15) is 12.0 Å².